The molecule has 2 unspecified atom stereocenters. The first-order chi connectivity index (χ1) is 16.8. The summed E-state index contributed by atoms with van der Waals surface area (Å²) >= 11 is 0. The summed E-state index contributed by atoms with van der Waals surface area (Å²) in [6, 6.07) is 1.27. The fourth-order valence-corrected chi connectivity index (χ4v) is 6.09. The number of nitrogens with one attached hydrogen (secondary N) is 1. The van der Waals surface area contributed by atoms with Gasteiger partial charge in [0.25, 0.3) is 0 Å². The summed E-state index contributed by atoms with van der Waals surface area (Å²) in [4.78, 5) is 25.1. The SMILES string of the molecule is COC(=O)C1CCCCC1NC(=O)C1CCC(n2nc(C(F)(F)F)c3c2-c2ccoc2CC3)CC1. The number of esters is 1. The second kappa shape index (κ2) is 9.35. The molecule has 0 saturated heterocycles. The molecule has 0 aromatic carbocycles. The van der Waals surface area contributed by atoms with Crippen LogP contribution in [0.25, 0.3) is 11.3 Å². The molecule has 0 spiro atoms. The molecule has 5 rings (SSSR count). The number of furan rings is 1. The van der Waals surface area contributed by atoms with E-state index < -0.39 is 11.9 Å². The summed E-state index contributed by atoms with van der Waals surface area (Å²) in [6.07, 6.45) is 3.21. The molecule has 2 aromatic rings. The predicted molar refractivity (Wildman–Crippen MR) is 119 cm³/mol. The molecule has 0 radical (unpaired) electrons. The van der Waals surface area contributed by atoms with Crippen LogP contribution in [-0.4, -0.2) is 34.8 Å². The fraction of sp³-hybridized carbons (Fsp3) is 0.640. The van der Waals surface area contributed by atoms with Crippen molar-refractivity contribution in [2.24, 2.45) is 11.8 Å². The first kappa shape index (κ1) is 23.9. The Kier molecular flexibility index (Phi) is 6.40. The molecule has 2 saturated carbocycles. The number of hydrogen-bond acceptors (Lipinski definition) is 5. The number of hydrogen-bond donors (Lipinski definition) is 1. The number of alkyl halides is 3. The van der Waals surface area contributed by atoms with E-state index in [9.17, 15) is 22.8 Å². The van der Waals surface area contributed by atoms with E-state index in [1.165, 1.54) is 18.1 Å². The standard InChI is InChI=1S/C25H30F3N3O4/c1-34-24(33)16-4-2-3-5-19(16)29-23(32)14-6-8-15(9-7-14)31-21-17-12-13-35-20(17)11-10-18(21)22(30-31)25(26,27)28/h12-16,19H,2-11H2,1H3,(H,29,32). The molecule has 2 aromatic heterocycles. The van der Waals surface area contributed by atoms with E-state index in [0.29, 0.717) is 55.5 Å². The number of carbonyl (C=O) groups is 2. The summed E-state index contributed by atoms with van der Waals surface area (Å²) in [5.41, 5.74) is 0.603. The molecule has 7 nitrogen and oxygen atoms in total. The Morgan fingerprint density at radius 3 is 2.57 bits per heavy atom. The third kappa shape index (κ3) is 4.47. The third-order valence-electron chi connectivity index (χ3n) is 7.89. The number of nitrogens with zero attached hydrogens (tertiary/aromatic N) is 2. The minimum atomic E-state index is -4.52. The number of aryl methyl sites for hydroxylation is 1. The Bertz CT molecular complexity index is 1100. The average molecular weight is 494 g/mol. The second-order valence-electron chi connectivity index (χ2n) is 9.91. The molecule has 2 atom stereocenters. The number of methoxy groups -OCH3 is 1. The topological polar surface area (TPSA) is 86.4 Å². The van der Waals surface area contributed by atoms with E-state index in [4.69, 9.17) is 9.15 Å². The van der Waals surface area contributed by atoms with Gasteiger partial charge >= 0.3 is 12.1 Å². The van der Waals surface area contributed by atoms with Crippen LogP contribution in [0.5, 0.6) is 0 Å². The van der Waals surface area contributed by atoms with Crippen LogP contribution in [0.15, 0.2) is 16.7 Å². The largest absolute Gasteiger partial charge is 0.469 e. The van der Waals surface area contributed by atoms with Crippen LogP contribution < -0.4 is 5.32 Å². The highest BCUT2D eigenvalue weighted by Gasteiger charge is 2.43. The summed E-state index contributed by atoms with van der Waals surface area (Å²) in [6.45, 7) is 0. The van der Waals surface area contributed by atoms with E-state index in [-0.39, 0.29) is 47.8 Å². The highest BCUT2D eigenvalue weighted by atomic mass is 19.4. The Morgan fingerprint density at radius 1 is 1.11 bits per heavy atom. The predicted octanol–water partition coefficient (Wildman–Crippen LogP) is 4.84. The van der Waals surface area contributed by atoms with Crippen molar-refractivity contribution in [1.29, 1.82) is 0 Å². The van der Waals surface area contributed by atoms with Crippen molar-refractivity contribution in [3.05, 3.63) is 29.3 Å². The van der Waals surface area contributed by atoms with E-state index >= 15 is 0 Å². The van der Waals surface area contributed by atoms with Gasteiger partial charge in [-0.1, -0.05) is 12.8 Å². The monoisotopic (exact) mass is 493 g/mol. The van der Waals surface area contributed by atoms with Crippen LogP contribution in [-0.2, 0) is 33.3 Å². The van der Waals surface area contributed by atoms with Crippen molar-refractivity contribution in [1.82, 2.24) is 15.1 Å². The van der Waals surface area contributed by atoms with Gasteiger partial charge in [0, 0.05) is 29.5 Å². The van der Waals surface area contributed by atoms with Gasteiger partial charge in [-0.05, 0) is 51.0 Å². The minimum Gasteiger partial charge on any atom is -0.469 e. The normalized spacial score (nSPS) is 26.5. The average Bonchev–Trinajstić information content (AvgIpc) is 3.48. The molecule has 3 aliphatic rings. The zero-order chi connectivity index (χ0) is 24.7. The highest BCUT2D eigenvalue weighted by Crippen LogP contribution is 2.44. The van der Waals surface area contributed by atoms with Crippen molar-refractivity contribution >= 4 is 11.9 Å². The number of ether oxygens (including phenoxy) is 1. The van der Waals surface area contributed by atoms with Gasteiger partial charge in [0.1, 0.15) is 5.76 Å². The number of amides is 1. The highest BCUT2D eigenvalue weighted by molar-refractivity contribution is 5.81. The quantitative estimate of drug-likeness (QED) is 0.616. The Morgan fingerprint density at radius 2 is 1.86 bits per heavy atom. The Labute approximate surface area is 201 Å². The van der Waals surface area contributed by atoms with Gasteiger partial charge in [-0.15, -0.1) is 0 Å². The van der Waals surface area contributed by atoms with Crippen molar-refractivity contribution in [3.8, 4) is 11.3 Å². The van der Waals surface area contributed by atoms with Crippen molar-refractivity contribution in [2.45, 2.75) is 82.5 Å². The van der Waals surface area contributed by atoms with Gasteiger partial charge in [0.2, 0.25) is 5.91 Å². The van der Waals surface area contributed by atoms with E-state index in [1.807, 2.05) is 0 Å². The second-order valence-corrected chi connectivity index (χ2v) is 9.91. The lowest BCUT2D eigenvalue weighted by Gasteiger charge is -2.33. The van der Waals surface area contributed by atoms with E-state index in [0.717, 1.165) is 19.3 Å². The van der Waals surface area contributed by atoms with Gasteiger partial charge in [0.05, 0.1) is 31.0 Å². The van der Waals surface area contributed by atoms with Crippen LogP contribution in [0.1, 0.15) is 74.4 Å². The fourth-order valence-electron chi connectivity index (χ4n) is 6.09. The van der Waals surface area contributed by atoms with E-state index in [2.05, 4.69) is 10.4 Å². The molecule has 10 heteroatoms. The molecule has 0 bridgehead atoms. The van der Waals surface area contributed by atoms with Gasteiger partial charge in [-0.3, -0.25) is 14.3 Å². The lowest BCUT2D eigenvalue weighted by Crippen LogP contribution is -2.47. The summed E-state index contributed by atoms with van der Waals surface area (Å²) in [5, 5.41) is 7.13. The lowest BCUT2D eigenvalue weighted by molar-refractivity contribution is -0.148. The minimum absolute atomic E-state index is 0.0835. The number of rotatable bonds is 4. The number of halogens is 3. The first-order valence-electron chi connectivity index (χ1n) is 12.4. The lowest BCUT2D eigenvalue weighted by atomic mass is 9.82. The Balaban J connectivity index is 1.30. The van der Waals surface area contributed by atoms with Crippen LogP contribution in [0.4, 0.5) is 13.2 Å². The molecule has 2 heterocycles. The van der Waals surface area contributed by atoms with Crippen molar-refractivity contribution < 1.29 is 31.9 Å². The zero-order valence-electron chi connectivity index (χ0n) is 19.7. The van der Waals surface area contributed by atoms with Gasteiger partial charge in [0.15, 0.2) is 5.69 Å². The van der Waals surface area contributed by atoms with Crippen molar-refractivity contribution in [3.63, 3.8) is 0 Å². The van der Waals surface area contributed by atoms with Crippen LogP contribution in [0, 0.1) is 11.8 Å². The van der Waals surface area contributed by atoms with Gasteiger partial charge in [-0.25, -0.2) is 0 Å². The summed E-state index contributed by atoms with van der Waals surface area (Å²) in [7, 11) is 1.36. The molecular formula is C25H30F3N3O4. The number of aromatic nitrogens is 2. The van der Waals surface area contributed by atoms with E-state index in [1.54, 1.807) is 6.07 Å². The van der Waals surface area contributed by atoms with Gasteiger partial charge in [-0.2, -0.15) is 18.3 Å². The first-order valence-corrected chi connectivity index (χ1v) is 12.4. The molecule has 190 valence electrons. The molecular weight excluding hydrogens is 463 g/mol. The summed E-state index contributed by atoms with van der Waals surface area (Å²) < 4.78 is 53.3. The maximum absolute atomic E-state index is 13.8. The maximum Gasteiger partial charge on any atom is 0.435 e. The molecule has 2 fully saturated rings. The third-order valence-corrected chi connectivity index (χ3v) is 7.89. The molecule has 3 aliphatic carbocycles. The van der Waals surface area contributed by atoms with Crippen LogP contribution in [0.2, 0.25) is 0 Å². The van der Waals surface area contributed by atoms with Gasteiger partial charge < -0.3 is 14.5 Å². The molecule has 1 amide bonds. The van der Waals surface area contributed by atoms with Crippen LogP contribution >= 0.6 is 0 Å². The molecule has 1 N–H and O–H groups in total. The summed E-state index contributed by atoms with van der Waals surface area (Å²) in [5.74, 6) is -0.242. The Hall–Kier alpha value is -2.78. The number of fused-ring (bicyclic) bond motifs is 3. The number of carbonyl (C=O) groups excluding carboxylic acids is 2. The maximum atomic E-state index is 13.8. The molecule has 0 aliphatic heterocycles. The van der Waals surface area contributed by atoms with Crippen molar-refractivity contribution in [2.75, 3.05) is 7.11 Å². The molecule has 35 heavy (non-hydrogen) atoms. The zero-order valence-corrected chi connectivity index (χ0v) is 19.7. The van der Waals surface area contributed by atoms with Crippen LogP contribution in [0.3, 0.4) is 0 Å². The smallest absolute Gasteiger partial charge is 0.435 e.